The van der Waals surface area contributed by atoms with Gasteiger partial charge in [0.1, 0.15) is 0 Å². The molecular formula is C14H19NO3. The maximum atomic E-state index is 11.4. The third-order valence-corrected chi connectivity index (χ3v) is 2.94. The quantitative estimate of drug-likeness (QED) is 0.760. The Morgan fingerprint density at radius 2 is 2.17 bits per heavy atom. The molecule has 2 rings (SSSR count). The predicted molar refractivity (Wildman–Crippen MR) is 69.8 cm³/mol. The molecule has 0 atom stereocenters. The third kappa shape index (κ3) is 3.47. The van der Waals surface area contributed by atoms with E-state index < -0.39 is 0 Å². The normalized spacial score (nSPS) is 15.5. The summed E-state index contributed by atoms with van der Waals surface area (Å²) in [4.78, 5) is 13.7. The smallest absolute Gasteiger partial charge is 0.310 e. The van der Waals surface area contributed by atoms with Crippen molar-refractivity contribution >= 4 is 11.7 Å². The minimum atomic E-state index is -0.170. The van der Waals surface area contributed by atoms with E-state index in [4.69, 9.17) is 9.47 Å². The molecule has 1 fully saturated rings. The van der Waals surface area contributed by atoms with E-state index >= 15 is 0 Å². The van der Waals surface area contributed by atoms with Crippen LogP contribution in [0.5, 0.6) is 0 Å². The summed E-state index contributed by atoms with van der Waals surface area (Å²) in [6.45, 7) is 5.60. The van der Waals surface area contributed by atoms with Crippen molar-refractivity contribution in [1.29, 1.82) is 0 Å². The number of anilines is 1. The van der Waals surface area contributed by atoms with Gasteiger partial charge in [0.25, 0.3) is 0 Å². The van der Waals surface area contributed by atoms with Crippen molar-refractivity contribution in [2.75, 3.05) is 37.8 Å². The number of esters is 1. The summed E-state index contributed by atoms with van der Waals surface area (Å²) in [6.07, 6.45) is 0.339. The van der Waals surface area contributed by atoms with Crippen LogP contribution < -0.4 is 4.90 Å². The molecule has 1 aromatic rings. The van der Waals surface area contributed by atoms with Gasteiger partial charge in [-0.3, -0.25) is 4.79 Å². The number of carbonyl (C=O) groups excluding carboxylic acids is 1. The lowest BCUT2D eigenvalue weighted by Crippen LogP contribution is -2.36. The predicted octanol–water partition coefficient (Wildman–Crippen LogP) is 1.63. The van der Waals surface area contributed by atoms with Crippen molar-refractivity contribution in [2.24, 2.45) is 0 Å². The van der Waals surface area contributed by atoms with Crippen LogP contribution in [0.2, 0.25) is 0 Å². The maximum Gasteiger partial charge on any atom is 0.310 e. The Hall–Kier alpha value is -1.55. The second kappa shape index (κ2) is 6.40. The highest BCUT2D eigenvalue weighted by atomic mass is 16.5. The number of hydrogen-bond donors (Lipinski definition) is 0. The Labute approximate surface area is 107 Å². The molecule has 1 aliphatic heterocycles. The molecule has 1 heterocycles. The number of ether oxygens (including phenoxy) is 2. The molecule has 0 saturated carbocycles. The zero-order valence-electron chi connectivity index (χ0n) is 10.7. The first-order chi connectivity index (χ1) is 8.79. The first-order valence-corrected chi connectivity index (χ1v) is 6.37. The van der Waals surface area contributed by atoms with Crippen LogP contribution in [0.4, 0.5) is 5.69 Å². The zero-order chi connectivity index (χ0) is 12.8. The van der Waals surface area contributed by atoms with E-state index in [1.54, 1.807) is 0 Å². The van der Waals surface area contributed by atoms with Gasteiger partial charge in [-0.15, -0.1) is 0 Å². The largest absolute Gasteiger partial charge is 0.466 e. The molecule has 0 spiro atoms. The summed E-state index contributed by atoms with van der Waals surface area (Å²) in [5, 5.41) is 0. The van der Waals surface area contributed by atoms with Gasteiger partial charge in [-0.25, -0.2) is 0 Å². The number of morpholine rings is 1. The Kier molecular flexibility index (Phi) is 4.59. The molecule has 0 bridgehead atoms. The molecule has 1 aromatic carbocycles. The fraction of sp³-hybridized carbons (Fsp3) is 0.500. The minimum absolute atomic E-state index is 0.170. The lowest BCUT2D eigenvalue weighted by Gasteiger charge is -2.29. The second-order valence-corrected chi connectivity index (χ2v) is 4.25. The molecule has 4 heteroatoms. The second-order valence-electron chi connectivity index (χ2n) is 4.25. The highest BCUT2D eigenvalue weighted by Crippen LogP contribution is 2.18. The molecule has 18 heavy (non-hydrogen) atoms. The molecule has 98 valence electrons. The fourth-order valence-corrected chi connectivity index (χ4v) is 2.06. The van der Waals surface area contributed by atoms with Gasteiger partial charge >= 0.3 is 5.97 Å². The molecule has 0 unspecified atom stereocenters. The van der Waals surface area contributed by atoms with Crippen LogP contribution in [0.3, 0.4) is 0 Å². The number of carbonyl (C=O) groups is 1. The molecule has 1 aliphatic rings. The van der Waals surface area contributed by atoms with Crippen LogP contribution in [0, 0.1) is 0 Å². The van der Waals surface area contributed by atoms with Gasteiger partial charge in [-0.2, -0.15) is 0 Å². The molecule has 0 N–H and O–H groups in total. The van der Waals surface area contributed by atoms with E-state index in [2.05, 4.69) is 17.0 Å². The van der Waals surface area contributed by atoms with Crippen molar-refractivity contribution in [3.05, 3.63) is 29.8 Å². The molecule has 4 nitrogen and oxygen atoms in total. The number of nitrogens with zero attached hydrogens (tertiary/aromatic N) is 1. The summed E-state index contributed by atoms with van der Waals surface area (Å²) in [5.74, 6) is -0.170. The van der Waals surface area contributed by atoms with E-state index in [0.717, 1.165) is 37.6 Å². The van der Waals surface area contributed by atoms with Crippen LogP contribution in [-0.2, 0) is 20.7 Å². The minimum Gasteiger partial charge on any atom is -0.466 e. The van der Waals surface area contributed by atoms with E-state index in [1.165, 1.54) is 0 Å². The topological polar surface area (TPSA) is 38.8 Å². The van der Waals surface area contributed by atoms with Gasteiger partial charge in [0, 0.05) is 18.8 Å². The van der Waals surface area contributed by atoms with Gasteiger partial charge in [0.05, 0.1) is 26.2 Å². The lowest BCUT2D eigenvalue weighted by molar-refractivity contribution is -0.142. The van der Waals surface area contributed by atoms with E-state index in [1.807, 2.05) is 19.1 Å². The Morgan fingerprint density at radius 1 is 1.39 bits per heavy atom. The Morgan fingerprint density at radius 3 is 2.89 bits per heavy atom. The molecule has 0 aromatic heterocycles. The summed E-state index contributed by atoms with van der Waals surface area (Å²) in [7, 11) is 0. The summed E-state index contributed by atoms with van der Waals surface area (Å²) in [5.41, 5.74) is 2.15. The van der Waals surface area contributed by atoms with Crippen molar-refractivity contribution in [3.63, 3.8) is 0 Å². The summed E-state index contributed by atoms with van der Waals surface area (Å²) >= 11 is 0. The standard InChI is InChI=1S/C14H19NO3/c1-2-18-14(16)11-12-4-3-5-13(10-12)15-6-8-17-9-7-15/h3-5,10H,2,6-9,11H2,1H3. The molecular weight excluding hydrogens is 230 g/mol. The van der Waals surface area contributed by atoms with E-state index in [-0.39, 0.29) is 5.97 Å². The van der Waals surface area contributed by atoms with Crippen LogP contribution in [0.25, 0.3) is 0 Å². The highest BCUT2D eigenvalue weighted by molar-refractivity contribution is 5.73. The van der Waals surface area contributed by atoms with Gasteiger partial charge in [0.15, 0.2) is 0 Å². The number of benzene rings is 1. The molecule has 0 aliphatic carbocycles. The van der Waals surface area contributed by atoms with Crippen molar-refractivity contribution in [2.45, 2.75) is 13.3 Å². The van der Waals surface area contributed by atoms with Gasteiger partial charge < -0.3 is 14.4 Å². The molecule has 0 radical (unpaired) electrons. The van der Waals surface area contributed by atoms with Crippen molar-refractivity contribution in [1.82, 2.24) is 0 Å². The number of rotatable bonds is 4. The molecule has 0 amide bonds. The summed E-state index contributed by atoms with van der Waals surface area (Å²) < 4.78 is 10.3. The summed E-state index contributed by atoms with van der Waals surface area (Å²) in [6, 6.07) is 8.07. The Bertz CT molecular complexity index is 400. The third-order valence-electron chi connectivity index (χ3n) is 2.94. The maximum absolute atomic E-state index is 11.4. The first-order valence-electron chi connectivity index (χ1n) is 6.37. The monoisotopic (exact) mass is 249 g/mol. The van der Waals surface area contributed by atoms with Crippen LogP contribution in [-0.4, -0.2) is 38.9 Å². The first kappa shape index (κ1) is 12.9. The highest BCUT2D eigenvalue weighted by Gasteiger charge is 2.12. The van der Waals surface area contributed by atoms with Crippen LogP contribution in [0.1, 0.15) is 12.5 Å². The van der Waals surface area contributed by atoms with Crippen LogP contribution in [0.15, 0.2) is 24.3 Å². The lowest BCUT2D eigenvalue weighted by atomic mass is 10.1. The fourth-order valence-electron chi connectivity index (χ4n) is 2.06. The SMILES string of the molecule is CCOC(=O)Cc1cccc(N2CCOCC2)c1. The van der Waals surface area contributed by atoms with Gasteiger partial charge in [0.2, 0.25) is 0 Å². The molecule has 1 saturated heterocycles. The van der Waals surface area contributed by atoms with Gasteiger partial charge in [-0.1, -0.05) is 12.1 Å². The van der Waals surface area contributed by atoms with E-state index in [9.17, 15) is 4.79 Å². The van der Waals surface area contributed by atoms with Crippen molar-refractivity contribution < 1.29 is 14.3 Å². The van der Waals surface area contributed by atoms with Crippen molar-refractivity contribution in [3.8, 4) is 0 Å². The number of hydrogen-bond acceptors (Lipinski definition) is 4. The average molecular weight is 249 g/mol. The zero-order valence-corrected chi connectivity index (χ0v) is 10.7. The van der Waals surface area contributed by atoms with Gasteiger partial charge in [-0.05, 0) is 24.6 Å². The average Bonchev–Trinajstić information content (AvgIpc) is 2.40. The van der Waals surface area contributed by atoms with E-state index in [0.29, 0.717) is 13.0 Å². The Balaban J connectivity index is 2.02. The van der Waals surface area contributed by atoms with Crippen LogP contribution >= 0.6 is 0 Å².